The van der Waals surface area contributed by atoms with E-state index in [9.17, 15) is 9.59 Å². The summed E-state index contributed by atoms with van der Waals surface area (Å²) in [6.45, 7) is 1.41. The lowest BCUT2D eigenvalue weighted by Gasteiger charge is -2.22. The number of hydrogen-bond donors (Lipinski definition) is 0. The first kappa shape index (κ1) is 27.5. The number of methoxy groups -OCH3 is 2. The summed E-state index contributed by atoms with van der Waals surface area (Å²) in [5, 5.41) is 0. The molecule has 0 spiro atoms. The minimum absolute atomic E-state index is 0.0759. The van der Waals surface area contributed by atoms with Gasteiger partial charge in [-0.2, -0.15) is 0 Å². The van der Waals surface area contributed by atoms with Gasteiger partial charge < -0.3 is 19.3 Å². The molecule has 6 heteroatoms. The third kappa shape index (κ3) is 8.58. The average Bonchev–Trinajstić information content (AvgIpc) is 2.83. The third-order valence-corrected chi connectivity index (χ3v) is 6.02. The van der Waals surface area contributed by atoms with Gasteiger partial charge in [0.15, 0.2) is 11.6 Å². The average molecular weight is 469 g/mol. The molecule has 2 aromatic carbocycles. The predicted molar refractivity (Wildman–Crippen MR) is 137 cm³/mol. The minimum Gasteiger partial charge on any atom is -0.497 e. The summed E-state index contributed by atoms with van der Waals surface area (Å²) in [4.78, 5) is 30.4. The van der Waals surface area contributed by atoms with E-state index in [1.165, 1.54) is 0 Å². The number of carbonyl (C=O) groups excluding carboxylic acids is 2. The number of carbonyl (C=O) groups is 2. The molecule has 0 unspecified atom stereocenters. The van der Waals surface area contributed by atoms with Crippen LogP contribution < -0.4 is 9.47 Å². The topological polar surface area (TPSA) is 59.1 Å². The molecule has 0 aliphatic carbocycles. The van der Waals surface area contributed by atoms with Crippen LogP contribution in [-0.2, 0) is 0 Å². The van der Waals surface area contributed by atoms with Gasteiger partial charge in [-0.15, -0.1) is 0 Å². The fourth-order valence-electron chi connectivity index (χ4n) is 4.26. The van der Waals surface area contributed by atoms with E-state index >= 15 is 0 Å². The van der Waals surface area contributed by atoms with Crippen LogP contribution in [0.15, 0.2) is 48.5 Å². The second kappa shape index (κ2) is 13.9. The molecule has 0 amide bonds. The number of unbranched alkanes of at least 4 members (excludes halogenated alkanes) is 1. The van der Waals surface area contributed by atoms with Crippen molar-refractivity contribution in [3.8, 4) is 11.5 Å². The molecule has 0 saturated heterocycles. The van der Waals surface area contributed by atoms with Crippen LogP contribution in [0.25, 0.3) is 0 Å². The van der Waals surface area contributed by atoms with E-state index in [0.29, 0.717) is 24.2 Å². The zero-order valence-corrected chi connectivity index (χ0v) is 21.5. The Morgan fingerprint density at radius 3 is 1.24 bits per heavy atom. The van der Waals surface area contributed by atoms with Crippen molar-refractivity contribution in [1.82, 2.24) is 9.80 Å². The van der Waals surface area contributed by atoms with Crippen LogP contribution in [0.2, 0.25) is 0 Å². The largest absolute Gasteiger partial charge is 0.497 e. The van der Waals surface area contributed by atoms with Crippen molar-refractivity contribution in [2.75, 3.05) is 55.5 Å². The molecule has 0 N–H and O–H groups in total. The SMILES string of the molecule is COc1ccc(C(=O)[C@H](CCCC[C@@H](CN(C)C)C(=O)c2ccc(OC)cc2)CN(C)C)cc1. The van der Waals surface area contributed by atoms with E-state index in [1.54, 1.807) is 14.2 Å². The van der Waals surface area contributed by atoms with Crippen LogP contribution >= 0.6 is 0 Å². The lowest BCUT2D eigenvalue weighted by atomic mass is 9.88. The summed E-state index contributed by atoms with van der Waals surface area (Å²) >= 11 is 0. The number of hydrogen-bond acceptors (Lipinski definition) is 6. The zero-order valence-electron chi connectivity index (χ0n) is 21.5. The third-order valence-electron chi connectivity index (χ3n) is 6.02. The molecule has 6 nitrogen and oxygen atoms in total. The van der Waals surface area contributed by atoms with Crippen LogP contribution in [0, 0.1) is 11.8 Å². The number of nitrogens with zero attached hydrogens (tertiary/aromatic N) is 2. The van der Waals surface area contributed by atoms with Crippen molar-refractivity contribution in [2.24, 2.45) is 11.8 Å². The summed E-state index contributed by atoms with van der Waals surface area (Å²) in [7, 11) is 11.2. The highest BCUT2D eigenvalue weighted by molar-refractivity contribution is 5.98. The molecule has 186 valence electrons. The van der Waals surface area contributed by atoms with Crippen LogP contribution in [-0.4, -0.2) is 76.9 Å². The monoisotopic (exact) mass is 468 g/mol. The van der Waals surface area contributed by atoms with Crippen LogP contribution in [0.1, 0.15) is 46.4 Å². The van der Waals surface area contributed by atoms with Crippen molar-refractivity contribution >= 4 is 11.6 Å². The number of ether oxygens (including phenoxy) is 2. The molecular weight excluding hydrogens is 428 g/mol. The maximum atomic E-state index is 13.2. The number of rotatable bonds is 15. The normalized spacial score (nSPS) is 13.1. The standard InChI is InChI=1S/C28H40N2O4/c1-29(2)19-23(27(31)21-11-15-25(33-5)16-12-21)9-7-8-10-24(20-30(3)4)28(32)22-13-17-26(34-6)18-14-22/h11-18,23-24H,7-10,19-20H2,1-6H3/t23-,24+. The first-order valence-electron chi connectivity index (χ1n) is 11.9. The first-order valence-corrected chi connectivity index (χ1v) is 11.9. The van der Waals surface area contributed by atoms with E-state index in [1.807, 2.05) is 76.7 Å². The zero-order chi connectivity index (χ0) is 25.1. The van der Waals surface area contributed by atoms with Gasteiger partial charge in [0.05, 0.1) is 14.2 Å². The highest BCUT2D eigenvalue weighted by Gasteiger charge is 2.23. The lowest BCUT2D eigenvalue weighted by Crippen LogP contribution is -2.29. The fourth-order valence-corrected chi connectivity index (χ4v) is 4.26. The molecule has 2 rings (SSSR count). The maximum Gasteiger partial charge on any atom is 0.167 e. The van der Waals surface area contributed by atoms with E-state index in [2.05, 4.69) is 9.80 Å². The molecule has 2 atom stereocenters. The minimum atomic E-state index is -0.0759. The summed E-state index contributed by atoms with van der Waals surface area (Å²) < 4.78 is 10.4. The molecule has 0 fully saturated rings. The Kier molecular flexibility index (Phi) is 11.2. The van der Waals surface area contributed by atoms with Gasteiger partial charge >= 0.3 is 0 Å². The molecule has 0 saturated carbocycles. The summed E-state index contributed by atoms with van der Waals surface area (Å²) in [5.41, 5.74) is 1.43. The summed E-state index contributed by atoms with van der Waals surface area (Å²) in [5.74, 6) is 1.66. The predicted octanol–water partition coefficient (Wildman–Crippen LogP) is 4.69. The highest BCUT2D eigenvalue weighted by Crippen LogP contribution is 2.23. The van der Waals surface area contributed by atoms with Gasteiger partial charge in [-0.3, -0.25) is 9.59 Å². The number of Topliss-reactive ketones (excluding diaryl/α,β-unsaturated/α-hetero) is 2. The highest BCUT2D eigenvalue weighted by atomic mass is 16.5. The maximum absolute atomic E-state index is 13.2. The second-order valence-electron chi connectivity index (χ2n) is 9.39. The molecule has 2 aromatic rings. The Labute approximate surface area is 204 Å². The lowest BCUT2D eigenvalue weighted by molar-refractivity contribution is 0.0867. The van der Waals surface area contributed by atoms with Gasteiger partial charge in [-0.1, -0.05) is 12.8 Å². The Hall–Kier alpha value is -2.70. The van der Waals surface area contributed by atoms with E-state index in [0.717, 1.165) is 37.2 Å². The number of ketones is 2. The molecule has 0 bridgehead atoms. The van der Waals surface area contributed by atoms with Gasteiger partial charge in [-0.05, 0) is 89.6 Å². The molecule has 0 aliphatic heterocycles. The van der Waals surface area contributed by atoms with Gasteiger partial charge in [0.25, 0.3) is 0 Å². The van der Waals surface area contributed by atoms with Gasteiger partial charge in [0, 0.05) is 36.1 Å². The van der Waals surface area contributed by atoms with Gasteiger partial charge in [0.1, 0.15) is 11.5 Å². The van der Waals surface area contributed by atoms with Gasteiger partial charge in [-0.25, -0.2) is 0 Å². The summed E-state index contributed by atoms with van der Waals surface area (Å²) in [6, 6.07) is 14.7. The smallest absolute Gasteiger partial charge is 0.167 e. The van der Waals surface area contributed by atoms with Crippen LogP contribution in [0.4, 0.5) is 0 Å². The molecule has 0 aliphatic rings. The number of benzene rings is 2. The second-order valence-corrected chi connectivity index (χ2v) is 9.39. The Morgan fingerprint density at radius 1 is 0.647 bits per heavy atom. The first-order chi connectivity index (χ1) is 16.2. The van der Waals surface area contributed by atoms with Crippen LogP contribution in [0.5, 0.6) is 11.5 Å². The molecule has 34 heavy (non-hydrogen) atoms. The molecule has 0 aromatic heterocycles. The van der Waals surface area contributed by atoms with Crippen LogP contribution in [0.3, 0.4) is 0 Å². The quantitative estimate of drug-likeness (QED) is 0.279. The van der Waals surface area contributed by atoms with Gasteiger partial charge in [0.2, 0.25) is 0 Å². The summed E-state index contributed by atoms with van der Waals surface area (Å²) in [6.07, 6.45) is 3.41. The fraction of sp³-hybridized carbons (Fsp3) is 0.500. The van der Waals surface area contributed by atoms with E-state index in [-0.39, 0.29) is 23.4 Å². The van der Waals surface area contributed by atoms with E-state index in [4.69, 9.17) is 9.47 Å². The van der Waals surface area contributed by atoms with Crippen molar-refractivity contribution in [1.29, 1.82) is 0 Å². The van der Waals surface area contributed by atoms with E-state index < -0.39 is 0 Å². The Balaban J connectivity index is 1.99. The van der Waals surface area contributed by atoms with Crippen molar-refractivity contribution in [2.45, 2.75) is 25.7 Å². The van der Waals surface area contributed by atoms with Crippen molar-refractivity contribution < 1.29 is 19.1 Å². The Bertz CT molecular complexity index is 816. The molecule has 0 heterocycles. The molecule has 0 radical (unpaired) electrons. The Morgan fingerprint density at radius 2 is 0.971 bits per heavy atom. The molecular formula is C28H40N2O4. The van der Waals surface area contributed by atoms with Crippen molar-refractivity contribution in [3.05, 3.63) is 59.7 Å². The van der Waals surface area contributed by atoms with Crippen molar-refractivity contribution in [3.63, 3.8) is 0 Å².